The van der Waals surface area contributed by atoms with Crippen LogP contribution in [0.1, 0.15) is 43.0 Å². The molecule has 1 aromatic heterocycles. The molecule has 1 aliphatic rings. The lowest BCUT2D eigenvalue weighted by atomic mass is 9.74. The van der Waals surface area contributed by atoms with E-state index in [1.54, 1.807) is 0 Å². The van der Waals surface area contributed by atoms with Crippen molar-refractivity contribution in [2.45, 2.75) is 33.1 Å². The number of anilines is 5. The van der Waals surface area contributed by atoms with E-state index >= 15 is 0 Å². The Morgan fingerprint density at radius 2 is 1.03 bits per heavy atom. The van der Waals surface area contributed by atoms with Gasteiger partial charge in [0, 0.05) is 55.6 Å². The van der Waals surface area contributed by atoms with E-state index in [1.165, 1.54) is 82.8 Å². The van der Waals surface area contributed by atoms with E-state index in [9.17, 15) is 0 Å². The Labute approximate surface area is 399 Å². The third-order valence-electron chi connectivity index (χ3n) is 14.2. The van der Waals surface area contributed by atoms with Crippen molar-refractivity contribution in [3.63, 3.8) is 0 Å². The number of hydrogen-bond acceptors (Lipinski definition) is 2. The van der Waals surface area contributed by atoms with Crippen LogP contribution in [-0.4, -0.2) is 4.57 Å². The summed E-state index contributed by atoms with van der Waals surface area (Å²) in [6.07, 6.45) is 2.26. The van der Waals surface area contributed by atoms with Gasteiger partial charge in [-0.2, -0.15) is 0 Å². The van der Waals surface area contributed by atoms with E-state index in [-0.39, 0.29) is 5.41 Å². The molecule has 1 aliphatic heterocycles. The molecular formula is C65H51N3. The van der Waals surface area contributed by atoms with E-state index in [0.717, 1.165) is 34.1 Å². The number of benzene rings is 10. The van der Waals surface area contributed by atoms with Crippen molar-refractivity contribution in [1.82, 2.24) is 4.57 Å². The summed E-state index contributed by atoms with van der Waals surface area (Å²) in [6, 6.07) is 84.6. The highest BCUT2D eigenvalue weighted by Crippen LogP contribution is 2.52. The summed E-state index contributed by atoms with van der Waals surface area (Å²) in [5.41, 5.74) is 19.9. The lowest BCUT2D eigenvalue weighted by Gasteiger charge is -2.36. The largest absolute Gasteiger partial charge is 0.310 e. The first-order chi connectivity index (χ1) is 33.4. The molecule has 0 N–H and O–H groups in total. The van der Waals surface area contributed by atoms with Gasteiger partial charge in [0.1, 0.15) is 0 Å². The molecule has 0 saturated heterocycles. The quantitative estimate of drug-likeness (QED) is 0.143. The zero-order chi connectivity index (χ0) is 45.9. The molecule has 2 heterocycles. The molecule has 11 aromatic rings. The first-order valence-electron chi connectivity index (χ1n) is 23.7. The van der Waals surface area contributed by atoms with E-state index in [4.69, 9.17) is 0 Å². The van der Waals surface area contributed by atoms with Crippen LogP contribution in [0.15, 0.2) is 237 Å². The maximum atomic E-state index is 2.53. The SMILES string of the molecule is C/C=C(\c1ccccc1C)N(c1ccc(-c2ccccc2)cc1)c1ccc2c(c1)c1cc(N(c3ccc(-c4ccccc4)cc3)c3cccc4ccccc34)cc3c1n2-c1ccccc1C3(C)C. The van der Waals surface area contributed by atoms with Gasteiger partial charge < -0.3 is 14.4 Å². The van der Waals surface area contributed by atoms with Gasteiger partial charge in [-0.15, -0.1) is 0 Å². The molecule has 0 radical (unpaired) electrons. The highest BCUT2D eigenvalue weighted by atomic mass is 15.2. The monoisotopic (exact) mass is 873 g/mol. The number of aryl methyl sites for hydroxylation is 1. The smallest absolute Gasteiger partial charge is 0.0583 e. The van der Waals surface area contributed by atoms with Gasteiger partial charge in [-0.3, -0.25) is 0 Å². The van der Waals surface area contributed by atoms with Crippen LogP contribution < -0.4 is 9.80 Å². The topological polar surface area (TPSA) is 11.4 Å². The average Bonchev–Trinajstić information content (AvgIpc) is 3.72. The van der Waals surface area contributed by atoms with Crippen molar-refractivity contribution in [3.05, 3.63) is 259 Å². The average molecular weight is 874 g/mol. The van der Waals surface area contributed by atoms with Crippen LogP contribution in [0.4, 0.5) is 28.4 Å². The molecule has 68 heavy (non-hydrogen) atoms. The van der Waals surface area contributed by atoms with Gasteiger partial charge >= 0.3 is 0 Å². The lowest BCUT2D eigenvalue weighted by Crippen LogP contribution is -2.26. The third kappa shape index (κ3) is 6.73. The zero-order valence-electron chi connectivity index (χ0n) is 38.9. The minimum Gasteiger partial charge on any atom is -0.310 e. The maximum absolute atomic E-state index is 2.53. The number of rotatable bonds is 9. The van der Waals surface area contributed by atoms with E-state index in [0.29, 0.717) is 0 Å². The Balaban J connectivity index is 1.12. The number of hydrogen-bond donors (Lipinski definition) is 0. The molecule has 3 nitrogen and oxygen atoms in total. The highest BCUT2D eigenvalue weighted by Gasteiger charge is 2.36. The molecule has 326 valence electrons. The molecule has 3 heteroatoms. The molecule has 10 aromatic carbocycles. The zero-order valence-corrected chi connectivity index (χ0v) is 38.9. The fourth-order valence-electron chi connectivity index (χ4n) is 10.8. The van der Waals surface area contributed by atoms with Crippen LogP contribution in [0.5, 0.6) is 0 Å². The van der Waals surface area contributed by atoms with E-state index in [2.05, 4.69) is 279 Å². The van der Waals surface area contributed by atoms with Crippen LogP contribution in [-0.2, 0) is 5.41 Å². The number of fused-ring (bicyclic) bond motifs is 6. The second-order valence-corrected chi connectivity index (χ2v) is 18.6. The summed E-state index contributed by atoms with van der Waals surface area (Å²) in [4.78, 5) is 4.92. The fraction of sp³-hybridized carbons (Fsp3) is 0.0769. The van der Waals surface area contributed by atoms with E-state index in [1.807, 2.05) is 0 Å². The second-order valence-electron chi connectivity index (χ2n) is 18.6. The molecule has 12 rings (SSSR count). The van der Waals surface area contributed by atoms with Crippen LogP contribution in [0.2, 0.25) is 0 Å². The first-order valence-corrected chi connectivity index (χ1v) is 23.7. The van der Waals surface area contributed by atoms with Crippen molar-refractivity contribution < 1.29 is 0 Å². The molecule has 0 saturated carbocycles. The van der Waals surface area contributed by atoms with Gasteiger partial charge in [0.15, 0.2) is 0 Å². The molecule has 0 atom stereocenters. The van der Waals surface area contributed by atoms with Crippen LogP contribution in [0, 0.1) is 6.92 Å². The van der Waals surface area contributed by atoms with Crippen LogP contribution in [0.25, 0.3) is 66.2 Å². The summed E-state index contributed by atoms with van der Waals surface area (Å²) >= 11 is 0. The Kier molecular flexibility index (Phi) is 9.95. The van der Waals surface area contributed by atoms with Crippen molar-refractivity contribution >= 4 is 66.7 Å². The Hall–Kier alpha value is -8.40. The Morgan fingerprint density at radius 3 is 1.74 bits per heavy atom. The maximum Gasteiger partial charge on any atom is 0.0583 e. The molecule has 0 spiro atoms. The van der Waals surface area contributed by atoms with Crippen molar-refractivity contribution in [2.75, 3.05) is 9.80 Å². The molecule has 0 fully saturated rings. The Morgan fingerprint density at radius 1 is 0.456 bits per heavy atom. The molecule has 0 bridgehead atoms. The number of nitrogens with zero attached hydrogens (tertiary/aromatic N) is 3. The number of aromatic nitrogens is 1. The number of para-hydroxylation sites is 1. The normalized spacial score (nSPS) is 12.9. The van der Waals surface area contributed by atoms with Crippen molar-refractivity contribution in [3.8, 4) is 27.9 Å². The molecule has 0 unspecified atom stereocenters. The van der Waals surface area contributed by atoms with Crippen LogP contribution >= 0.6 is 0 Å². The molecule has 0 aliphatic carbocycles. The first kappa shape index (κ1) is 41.1. The third-order valence-corrected chi connectivity index (χ3v) is 14.2. The van der Waals surface area contributed by atoms with Gasteiger partial charge in [-0.1, -0.05) is 184 Å². The summed E-state index contributed by atoms with van der Waals surface area (Å²) in [5, 5.41) is 4.84. The summed E-state index contributed by atoms with van der Waals surface area (Å²) in [6.45, 7) is 9.16. The van der Waals surface area contributed by atoms with E-state index < -0.39 is 0 Å². The minimum atomic E-state index is -0.296. The summed E-state index contributed by atoms with van der Waals surface area (Å²) in [5.74, 6) is 0. The van der Waals surface area contributed by atoms with Gasteiger partial charge in [0.25, 0.3) is 0 Å². The van der Waals surface area contributed by atoms with Gasteiger partial charge in [0.05, 0.1) is 22.4 Å². The fourth-order valence-corrected chi connectivity index (χ4v) is 10.8. The summed E-state index contributed by atoms with van der Waals surface area (Å²) in [7, 11) is 0. The minimum absolute atomic E-state index is 0.296. The second kappa shape index (κ2) is 16.5. The van der Waals surface area contributed by atoms with Gasteiger partial charge in [-0.25, -0.2) is 0 Å². The Bertz CT molecular complexity index is 3700. The standard InChI is InChI=1S/C65H51N3/c1-5-60(54-26-14-12-19-44(54)2)66(50-35-31-47(32-36-50)45-20-8-6-9-21-45)52-39-40-62-56(41-52)57-42-53(43-59-64(57)68(62)63-29-17-16-28-58(63)65(59,3)4)67(61-30-18-25-49-24-13-15-27-55(49)61)51-37-33-48(34-38-51)46-22-10-7-11-23-46/h5-43H,1-4H3/b60-5+. The summed E-state index contributed by atoms with van der Waals surface area (Å²) < 4.78 is 2.53. The highest BCUT2D eigenvalue weighted by molar-refractivity contribution is 6.15. The molecule has 0 amide bonds. The predicted molar refractivity (Wildman–Crippen MR) is 289 cm³/mol. The lowest BCUT2D eigenvalue weighted by molar-refractivity contribution is 0.630. The molecular weight excluding hydrogens is 823 g/mol. The number of allylic oxidation sites excluding steroid dienone is 1. The van der Waals surface area contributed by atoms with Gasteiger partial charge in [0.2, 0.25) is 0 Å². The van der Waals surface area contributed by atoms with Crippen molar-refractivity contribution in [1.29, 1.82) is 0 Å². The predicted octanol–water partition coefficient (Wildman–Crippen LogP) is 17.9. The van der Waals surface area contributed by atoms with Crippen molar-refractivity contribution in [2.24, 2.45) is 0 Å². The van der Waals surface area contributed by atoms with Gasteiger partial charge in [-0.05, 0) is 125 Å². The van der Waals surface area contributed by atoms with Crippen LogP contribution in [0.3, 0.4) is 0 Å².